The van der Waals surface area contributed by atoms with Gasteiger partial charge in [0.1, 0.15) is 6.29 Å². The first-order chi connectivity index (χ1) is 6.83. The van der Waals surface area contributed by atoms with Gasteiger partial charge in [-0.1, -0.05) is 40.2 Å². The maximum atomic E-state index is 10.1. The molecular formula is C12H13BrO. The van der Waals surface area contributed by atoms with Gasteiger partial charge in [0.15, 0.2) is 0 Å². The Morgan fingerprint density at radius 2 is 2.14 bits per heavy atom. The monoisotopic (exact) mass is 252 g/mol. The summed E-state index contributed by atoms with van der Waals surface area (Å²) in [7, 11) is 0. The van der Waals surface area contributed by atoms with Crippen molar-refractivity contribution < 1.29 is 4.79 Å². The van der Waals surface area contributed by atoms with E-state index in [0.717, 1.165) is 23.6 Å². The van der Waals surface area contributed by atoms with E-state index in [2.05, 4.69) is 40.2 Å². The van der Waals surface area contributed by atoms with Gasteiger partial charge in [-0.15, -0.1) is 0 Å². The molecule has 0 aromatic heterocycles. The van der Waals surface area contributed by atoms with Crippen LogP contribution < -0.4 is 0 Å². The standard InChI is InChI=1S/C12H13BrO/c13-12-8-5-7-11(10-12)6-3-1-2-4-9-14/h3,5-10H,1-2,4H2/b6-3+. The van der Waals surface area contributed by atoms with Crippen molar-refractivity contribution in [1.29, 1.82) is 0 Å². The molecule has 0 saturated carbocycles. The Labute approximate surface area is 93.0 Å². The number of hydrogen-bond donors (Lipinski definition) is 0. The van der Waals surface area contributed by atoms with E-state index in [-0.39, 0.29) is 0 Å². The summed E-state index contributed by atoms with van der Waals surface area (Å²) in [5.41, 5.74) is 1.19. The zero-order valence-electron chi connectivity index (χ0n) is 7.95. The van der Waals surface area contributed by atoms with Gasteiger partial charge in [-0.25, -0.2) is 0 Å². The number of aldehydes is 1. The van der Waals surface area contributed by atoms with Crippen LogP contribution in [0.3, 0.4) is 0 Å². The first-order valence-electron chi connectivity index (χ1n) is 4.68. The number of unbranched alkanes of at least 4 members (excludes halogenated alkanes) is 2. The third kappa shape index (κ3) is 4.38. The summed E-state index contributed by atoms with van der Waals surface area (Å²) in [6, 6.07) is 8.14. The van der Waals surface area contributed by atoms with E-state index in [0.29, 0.717) is 6.42 Å². The van der Waals surface area contributed by atoms with E-state index in [1.54, 1.807) is 0 Å². The molecule has 0 spiro atoms. The van der Waals surface area contributed by atoms with Crippen molar-refractivity contribution in [3.63, 3.8) is 0 Å². The maximum absolute atomic E-state index is 10.1. The van der Waals surface area contributed by atoms with Crippen molar-refractivity contribution in [2.75, 3.05) is 0 Å². The number of hydrogen-bond acceptors (Lipinski definition) is 1. The molecule has 0 bridgehead atoms. The van der Waals surface area contributed by atoms with Crippen LogP contribution in [0, 0.1) is 0 Å². The number of allylic oxidation sites excluding steroid dienone is 1. The number of carbonyl (C=O) groups is 1. The minimum absolute atomic E-state index is 0.656. The van der Waals surface area contributed by atoms with Crippen molar-refractivity contribution in [2.24, 2.45) is 0 Å². The van der Waals surface area contributed by atoms with Gasteiger partial charge in [-0.3, -0.25) is 0 Å². The molecule has 0 atom stereocenters. The molecule has 0 heterocycles. The predicted molar refractivity (Wildman–Crippen MR) is 63.1 cm³/mol. The van der Waals surface area contributed by atoms with E-state index in [1.165, 1.54) is 5.56 Å². The Hall–Kier alpha value is -0.890. The van der Waals surface area contributed by atoms with Gasteiger partial charge in [0.05, 0.1) is 0 Å². The Morgan fingerprint density at radius 1 is 1.29 bits per heavy atom. The fraction of sp³-hybridized carbons (Fsp3) is 0.250. The molecule has 0 unspecified atom stereocenters. The third-order valence-corrected chi connectivity index (χ3v) is 2.34. The highest BCUT2D eigenvalue weighted by Gasteiger charge is 1.88. The van der Waals surface area contributed by atoms with Crippen LogP contribution in [0.1, 0.15) is 24.8 Å². The lowest BCUT2D eigenvalue weighted by Gasteiger charge is -1.94. The van der Waals surface area contributed by atoms with Gasteiger partial charge < -0.3 is 4.79 Å². The molecule has 2 heteroatoms. The predicted octanol–water partition coefficient (Wildman–Crippen LogP) is 3.83. The first-order valence-corrected chi connectivity index (χ1v) is 5.48. The summed E-state index contributed by atoms with van der Waals surface area (Å²) in [4.78, 5) is 10.1. The quantitative estimate of drug-likeness (QED) is 0.575. The zero-order chi connectivity index (χ0) is 10.2. The van der Waals surface area contributed by atoms with Crippen molar-refractivity contribution >= 4 is 28.3 Å². The van der Waals surface area contributed by atoms with Gasteiger partial charge in [0.2, 0.25) is 0 Å². The lowest BCUT2D eigenvalue weighted by atomic mass is 10.2. The molecular weight excluding hydrogens is 240 g/mol. The fourth-order valence-corrected chi connectivity index (χ4v) is 1.57. The number of halogens is 1. The van der Waals surface area contributed by atoms with Crippen LogP contribution in [0.15, 0.2) is 34.8 Å². The summed E-state index contributed by atoms with van der Waals surface area (Å²) in [6.07, 6.45) is 7.70. The van der Waals surface area contributed by atoms with Gasteiger partial charge in [0.25, 0.3) is 0 Å². The van der Waals surface area contributed by atoms with E-state index in [1.807, 2.05) is 12.1 Å². The molecule has 14 heavy (non-hydrogen) atoms. The largest absolute Gasteiger partial charge is 0.303 e. The van der Waals surface area contributed by atoms with Crippen molar-refractivity contribution in [3.8, 4) is 0 Å². The second-order valence-electron chi connectivity index (χ2n) is 3.05. The Balaban J connectivity index is 2.39. The van der Waals surface area contributed by atoms with E-state index < -0.39 is 0 Å². The minimum atomic E-state index is 0.656. The maximum Gasteiger partial charge on any atom is 0.120 e. The summed E-state index contributed by atoms with van der Waals surface area (Å²) >= 11 is 3.42. The molecule has 1 rings (SSSR count). The molecule has 1 aromatic carbocycles. The molecule has 0 N–H and O–H groups in total. The second kappa shape index (κ2) is 6.55. The lowest BCUT2D eigenvalue weighted by molar-refractivity contribution is -0.107. The Bertz CT molecular complexity index is 318. The minimum Gasteiger partial charge on any atom is -0.303 e. The van der Waals surface area contributed by atoms with Crippen LogP contribution in [0.5, 0.6) is 0 Å². The molecule has 0 fully saturated rings. The third-order valence-electron chi connectivity index (χ3n) is 1.85. The van der Waals surface area contributed by atoms with Gasteiger partial charge in [0, 0.05) is 10.9 Å². The molecule has 0 aliphatic rings. The van der Waals surface area contributed by atoms with Crippen LogP contribution in [0.2, 0.25) is 0 Å². The van der Waals surface area contributed by atoms with Crippen molar-refractivity contribution in [2.45, 2.75) is 19.3 Å². The van der Waals surface area contributed by atoms with Gasteiger partial charge in [-0.2, -0.15) is 0 Å². The van der Waals surface area contributed by atoms with Crippen LogP contribution in [-0.2, 0) is 4.79 Å². The molecule has 0 radical (unpaired) electrons. The molecule has 0 saturated heterocycles. The Kier molecular flexibility index (Phi) is 5.23. The number of rotatable bonds is 5. The second-order valence-corrected chi connectivity index (χ2v) is 3.97. The zero-order valence-corrected chi connectivity index (χ0v) is 9.53. The van der Waals surface area contributed by atoms with Crippen LogP contribution in [-0.4, -0.2) is 6.29 Å². The number of benzene rings is 1. The molecule has 0 aliphatic heterocycles. The first kappa shape index (κ1) is 11.2. The molecule has 0 aliphatic carbocycles. The van der Waals surface area contributed by atoms with Crippen LogP contribution in [0.4, 0.5) is 0 Å². The topological polar surface area (TPSA) is 17.1 Å². The normalized spacial score (nSPS) is 10.6. The van der Waals surface area contributed by atoms with Gasteiger partial charge >= 0.3 is 0 Å². The highest BCUT2D eigenvalue weighted by Crippen LogP contribution is 2.13. The highest BCUT2D eigenvalue weighted by atomic mass is 79.9. The van der Waals surface area contributed by atoms with Gasteiger partial charge in [-0.05, 0) is 30.5 Å². The highest BCUT2D eigenvalue weighted by molar-refractivity contribution is 9.10. The summed E-state index contributed by atoms with van der Waals surface area (Å²) in [5, 5.41) is 0. The van der Waals surface area contributed by atoms with E-state index >= 15 is 0 Å². The SMILES string of the molecule is O=CCCC/C=C/c1cccc(Br)c1. The average molecular weight is 253 g/mol. The summed E-state index contributed by atoms with van der Waals surface area (Å²) in [6.45, 7) is 0. The fourth-order valence-electron chi connectivity index (χ4n) is 1.15. The molecule has 1 aromatic rings. The van der Waals surface area contributed by atoms with E-state index in [4.69, 9.17) is 0 Å². The Morgan fingerprint density at radius 3 is 2.86 bits per heavy atom. The average Bonchev–Trinajstić information content (AvgIpc) is 2.18. The van der Waals surface area contributed by atoms with E-state index in [9.17, 15) is 4.79 Å². The summed E-state index contributed by atoms with van der Waals surface area (Å²) in [5.74, 6) is 0. The number of carbonyl (C=O) groups excluding carboxylic acids is 1. The molecule has 0 amide bonds. The van der Waals surface area contributed by atoms with Crippen LogP contribution in [0.25, 0.3) is 6.08 Å². The summed E-state index contributed by atoms with van der Waals surface area (Å²) < 4.78 is 1.09. The lowest BCUT2D eigenvalue weighted by Crippen LogP contribution is -1.75. The smallest absolute Gasteiger partial charge is 0.120 e. The van der Waals surface area contributed by atoms with Crippen molar-refractivity contribution in [1.82, 2.24) is 0 Å². The molecule has 1 nitrogen and oxygen atoms in total. The van der Waals surface area contributed by atoms with Crippen LogP contribution >= 0.6 is 15.9 Å². The molecule has 74 valence electrons. The van der Waals surface area contributed by atoms with Crippen molar-refractivity contribution in [3.05, 3.63) is 40.4 Å².